The summed E-state index contributed by atoms with van der Waals surface area (Å²) in [5.41, 5.74) is 0.393. The predicted molar refractivity (Wildman–Crippen MR) is 78.0 cm³/mol. The van der Waals surface area contributed by atoms with Crippen LogP contribution >= 0.6 is 0 Å². The molecule has 3 N–H and O–H groups in total. The van der Waals surface area contributed by atoms with Crippen LogP contribution in [0.3, 0.4) is 0 Å². The normalized spacial score (nSPS) is 10.6. The topological polar surface area (TPSA) is 163 Å². The lowest BCUT2D eigenvalue weighted by Gasteiger charge is -1.99. The Hall–Kier alpha value is -3.63. The number of hydrogen-bond acceptors (Lipinski definition) is 7. The molecule has 0 spiro atoms. The van der Waals surface area contributed by atoms with Gasteiger partial charge in [0.2, 0.25) is 5.91 Å². The lowest BCUT2D eigenvalue weighted by Crippen LogP contribution is -2.31. The van der Waals surface area contributed by atoms with Gasteiger partial charge in [0.05, 0.1) is 23.1 Å². The van der Waals surface area contributed by atoms with E-state index in [0.717, 1.165) is 6.21 Å². The number of hydrogen-bond donors (Lipinski definition) is 3. The molecule has 1 aromatic carbocycles. The summed E-state index contributed by atoms with van der Waals surface area (Å²) in [7, 11) is 0. The standard InChI is InChI=1S/C12H10N6O5/c19-10(5-8-11(20)14-12(21)17-15-8)16-13-6-7-3-1-2-4-9(7)18(22)23/h1-4,6H,5H2,(H,16,19)(H2,14,17,20,21)/b13-6-. The first kappa shape index (κ1) is 15.8. The lowest BCUT2D eigenvalue weighted by atomic mass is 10.2. The van der Waals surface area contributed by atoms with E-state index in [2.05, 4.69) is 15.6 Å². The van der Waals surface area contributed by atoms with Crippen molar-refractivity contribution in [3.8, 4) is 0 Å². The number of aromatic amines is 2. The Labute approximate surface area is 127 Å². The number of para-hydroxylation sites is 1. The molecular weight excluding hydrogens is 308 g/mol. The Morgan fingerprint density at radius 2 is 2.13 bits per heavy atom. The Morgan fingerprint density at radius 1 is 1.39 bits per heavy atom. The van der Waals surface area contributed by atoms with Crippen LogP contribution in [0.15, 0.2) is 39.0 Å². The van der Waals surface area contributed by atoms with Crippen molar-refractivity contribution in [2.45, 2.75) is 6.42 Å². The van der Waals surface area contributed by atoms with Crippen molar-refractivity contribution in [3.05, 3.63) is 66.5 Å². The van der Waals surface area contributed by atoms with Crippen LogP contribution in [-0.2, 0) is 11.2 Å². The first-order chi connectivity index (χ1) is 11.0. The van der Waals surface area contributed by atoms with E-state index >= 15 is 0 Å². The second-order valence-corrected chi connectivity index (χ2v) is 4.24. The van der Waals surface area contributed by atoms with Crippen LogP contribution in [0.1, 0.15) is 11.3 Å². The molecule has 118 valence electrons. The summed E-state index contributed by atoms with van der Waals surface area (Å²) in [6, 6.07) is 5.84. The van der Waals surface area contributed by atoms with Crippen LogP contribution in [0.25, 0.3) is 0 Å². The van der Waals surface area contributed by atoms with Gasteiger partial charge < -0.3 is 0 Å². The molecule has 0 saturated heterocycles. The largest absolute Gasteiger partial charge is 0.342 e. The van der Waals surface area contributed by atoms with Gasteiger partial charge in [-0.25, -0.2) is 15.3 Å². The number of nitro benzene ring substituents is 1. The molecule has 0 aliphatic carbocycles. The molecule has 23 heavy (non-hydrogen) atoms. The molecule has 0 unspecified atom stereocenters. The minimum absolute atomic E-state index is 0.163. The maximum atomic E-state index is 11.6. The summed E-state index contributed by atoms with van der Waals surface area (Å²) in [5.74, 6) is -0.676. The molecule has 0 fully saturated rings. The number of amides is 1. The number of nitrogens with zero attached hydrogens (tertiary/aromatic N) is 3. The Balaban J connectivity index is 2.03. The van der Waals surface area contributed by atoms with Gasteiger partial charge in [0.1, 0.15) is 5.69 Å². The SMILES string of the molecule is O=C(Cc1n[nH]c(=O)[nH]c1=O)N/N=C\c1ccccc1[N+](=O)[O-]. The molecule has 0 saturated carbocycles. The highest BCUT2D eigenvalue weighted by Gasteiger charge is 2.11. The lowest BCUT2D eigenvalue weighted by molar-refractivity contribution is -0.385. The molecular formula is C12H10N6O5. The molecule has 0 aliphatic rings. The average molecular weight is 318 g/mol. The van der Waals surface area contributed by atoms with Crippen molar-refractivity contribution in [3.63, 3.8) is 0 Å². The average Bonchev–Trinajstić information content (AvgIpc) is 2.50. The molecule has 2 rings (SSSR count). The highest BCUT2D eigenvalue weighted by molar-refractivity contribution is 5.86. The van der Waals surface area contributed by atoms with Gasteiger partial charge in [-0.05, 0) is 6.07 Å². The molecule has 0 atom stereocenters. The third-order valence-electron chi connectivity index (χ3n) is 2.64. The van der Waals surface area contributed by atoms with Gasteiger partial charge in [-0.3, -0.25) is 24.7 Å². The van der Waals surface area contributed by atoms with Crippen LogP contribution in [0.2, 0.25) is 0 Å². The number of carbonyl (C=O) groups excluding carboxylic acids is 1. The van der Waals surface area contributed by atoms with Crippen LogP contribution in [0.5, 0.6) is 0 Å². The summed E-state index contributed by atoms with van der Waals surface area (Å²) < 4.78 is 0. The van der Waals surface area contributed by atoms with Crippen LogP contribution in [-0.4, -0.2) is 32.2 Å². The zero-order valence-electron chi connectivity index (χ0n) is 11.5. The maximum Gasteiger partial charge on any atom is 0.342 e. The number of nitrogens with one attached hydrogen (secondary N) is 3. The van der Waals surface area contributed by atoms with Crippen molar-refractivity contribution in [2.24, 2.45) is 5.10 Å². The highest BCUT2D eigenvalue weighted by Crippen LogP contribution is 2.14. The zero-order chi connectivity index (χ0) is 16.8. The van der Waals surface area contributed by atoms with Crippen molar-refractivity contribution in [2.75, 3.05) is 0 Å². The van der Waals surface area contributed by atoms with Crippen LogP contribution in [0.4, 0.5) is 5.69 Å². The minimum Gasteiger partial charge on any atom is -0.273 e. The number of rotatable bonds is 5. The summed E-state index contributed by atoms with van der Waals surface area (Å²) in [6.07, 6.45) is 0.695. The summed E-state index contributed by atoms with van der Waals surface area (Å²) in [5, 5.41) is 19.8. The van der Waals surface area contributed by atoms with Crippen molar-refractivity contribution in [1.29, 1.82) is 0 Å². The van der Waals surface area contributed by atoms with E-state index in [-0.39, 0.29) is 16.9 Å². The monoisotopic (exact) mass is 318 g/mol. The number of benzene rings is 1. The van der Waals surface area contributed by atoms with E-state index < -0.39 is 28.5 Å². The third-order valence-corrected chi connectivity index (χ3v) is 2.64. The van der Waals surface area contributed by atoms with Crippen molar-refractivity contribution < 1.29 is 9.72 Å². The van der Waals surface area contributed by atoms with Gasteiger partial charge in [0.15, 0.2) is 0 Å². The molecule has 1 heterocycles. The summed E-state index contributed by atoms with van der Waals surface area (Å²) >= 11 is 0. The quantitative estimate of drug-likeness (QED) is 0.366. The van der Waals surface area contributed by atoms with E-state index in [9.17, 15) is 24.5 Å². The minimum atomic E-state index is -0.786. The van der Waals surface area contributed by atoms with E-state index in [1.165, 1.54) is 18.2 Å². The van der Waals surface area contributed by atoms with E-state index in [1.807, 2.05) is 10.1 Å². The molecule has 11 heteroatoms. The van der Waals surface area contributed by atoms with E-state index in [4.69, 9.17) is 0 Å². The van der Waals surface area contributed by atoms with Crippen LogP contribution in [0, 0.1) is 10.1 Å². The fourth-order valence-electron chi connectivity index (χ4n) is 1.62. The fourth-order valence-corrected chi connectivity index (χ4v) is 1.62. The number of hydrazone groups is 1. The van der Waals surface area contributed by atoms with Gasteiger partial charge in [-0.15, -0.1) is 0 Å². The molecule has 0 bridgehead atoms. The Morgan fingerprint density at radius 3 is 2.83 bits per heavy atom. The first-order valence-corrected chi connectivity index (χ1v) is 6.20. The summed E-state index contributed by atoms with van der Waals surface area (Å²) in [4.78, 5) is 45.9. The van der Waals surface area contributed by atoms with Crippen molar-refractivity contribution >= 4 is 17.8 Å². The third kappa shape index (κ3) is 4.17. The first-order valence-electron chi connectivity index (χ1n) is 6.20. The van der Waals surface area contributed by atoms with Gasteiger partial charge in [-0.2, -0.15) is 10.2 Å². The smallest absolute Gasteiger partial charge is 0.273 e. The second-order valence-electron chi connectivity index (χ2n) is 4.24. The Bertz CT molecular complexity index is 884. The Kier molecular flexibility index (Phi) is 4.72. The fraction of sp³-hybridized carbons (Fsp3) is 0.0833. The molecule has 2 aromatic rings. The highest BCUT2D eigenvalue weighted by atomic mass is 16.6. The number of nitro groups is 1. The molecule has 1 aromatic heterocycles. The zero-order valence-corrected chi connectivity index (χ0v) is 11.5. The summed E-state index contributed by atoms with van der Waals surface area (Å²) in [6.45, 7) is 0. The van der Waals surface area contributed by atoms with Crippen LogP contribution < -0.4 is 16.7 Å². The molecule has 0 aliphatic heterocycles. The molecule has 0 radical (unpaired) electrons. The maximum absolute atomic E-state index is 11.6. The number of H-pyrrole nitrogens is 2. The van der Waals surface area contributed by atoms with Gasteiger partial charge >= 0.3 is 5.69 Å². The van der Waals surface area contributed by atoms with Gasteiger partial charge in [0, 0.05) is 6.07 Å². The number of carbonyl (C=O) groups is 1. The predicted octanol–water partition coefficient (Wildman–Crippen LogP) is -0.941. The molecule has 1 amide bonds. The van der Waals surface area contributed by atoms with E-state index in [0.29, 0.717) is 0 Å². The van der Waals surface area contributed by atoms with Gasteiger partial charge in [0.25, 0.3) is 11.2 Å². The number of aromatic nitrogens is 3. The van der Waals surface area contributed by atoms with Crippen molar-refractivity contribution in [1.82, 2.24) is 20.6 Å². The van der Waals surface area contributed by atoms with E-state index in [1.54, 1.807) is 6.07 Å². The molecule has 11 nitrogen and oxygen atoms in total. The second kappa shape index (κ2) is 6.89. The van der Waals surface area contributed by atoms with Gasteiger partial charge in [-0.1, -0.05) is 12.1 Å².